The fraction of sp³-hybridized carbons (Fsp3) is 0.667. The summed E-state index contributed by atoms with van der Waals surface area (Å²) in [5, 5.41) is 2.60. The van der Waals surface area contributed by atoms with Crippen molar-refractivity contribution in [2.45, 2.75) is 33.1 Å². The maximum Gasteiger partial charge on any atom is 0.251 e. The topological polar surface area (TPSA) is 75.6 Å². The Bertz CT molecular complexity index is 414. The second-order valence-electron chi connectivity index (χ2n) is 4.69. The van der Waals surface area contributed by atoms with Crippen LogP contribution in [0.5, 0.6) is 0 Å². The highest BCUT2D eigenvalue weighted by Crippen LogP contribution is 2.30. The number of amidine groups is 1. The van der Waals surface area contributed by atoms with Gasteiger partial charge in [0.05, 0.1) is 17.8 Å². The molecule has 0 aromatic rings. The minimum absolute atomic E-state index is 0.140. The van der Waals surface area contributed by atoms with E-state index in [1.807, 2.05) is 6.92 Å². The lowest BCUT2D eigenvalue weighted by Crippen LogP contribution is -2.52. The van der Waals surface area contributed by atoms with Gasteiger partial charge in [0.25, 0.3) is 5.91 Å². The third-order valence-corrected chi connectivity index (χ3v) is 3.48. The fourth-order valence-corrected chi connectivity index (χ4v) is 2.40. The second-order valence-corrected chi connectivity index (χ2v) is 4.69. The van der Waals surface area contributed by atoms with Crippen LogP contribution in [0.4, 0.5) is 0 Å². The van der Waals surface area contributed by atoms with Crippen molar-refractivity contribution in [2.24, 2.45) is 22.7 Å². The molecule has 0 unspecified atom stereocenters. The van der Waals surface area contributed by atoms with Gasteiger partial charge in [0, 0.05) is 0 Å². The van der Waals surface area contributed by atoms with Crippen LogP contribution in [-0.2, 0) is 14.4 Å². The second kappa shape index (κ2) is 4.39. The summed E-state index contributed by atoms with van der Waals surface area (Å²) in [4.78, 5) is 39.1. The third kappa shape index (κ3) is 1.90. The molecule has 0 saturated carbocycles. The van der Waals surface area contributed by atoms with Gasteiger partial charge in [-0.15, -0.1) is 0 Å². The molecule has 1 N–H and O–H groups in total. The average molecular weight is 236 g/mol. The number of piperidine rings is 1. The number of rotatable bonds is 3. The normalized spacial score (nSPS) is 32.2. The molecule has 3 atom stereocenters. The van der Waals surface area contributed by atoms with Crippen LogP contribution in [-0.4, -0.2) is 23.4 Å². The molecule has 0 aromatic carbocycles. The largest absolute Gasteiger partial charge is 0.313 e. The predicted molar refractivity (Wildman–Crippen MR) is 61.3 cm³/mol. The van der Waals surface area contributed by atoms with Crippen LogP contribution in [0.1, 0.15) is 33.1 Å². The first-order valence-corrected chi connectivity index (χ1v) is 6.03. The Hall–Kier alpha value is -1.52. The van der Waals surface area contributed by atoms with Crippen molar-refractivity contribution in [2.75, 3.05) is 0 Å². The number of hydrogen-bond acceptors (Lipinski definition) is 3. The van der Waals surface area contributed by atoms with Crippen molar-refractivity contribution < 1.29 is 14.4 Å². The molecule has 0 radical (unpaired) electrons. The van der Waals surface area contributed by atoms with Gasteiger partial charge in [-0.25, -0.2) is 0 Å². The zero-order valence-electron chi connectivity index (χ0n) is 10.0. The number of aliphatic imine (C=N–C) groups is 1. The summed E-state index contributed by atoms with van der Waals surface area (Å²) in [7, 11) is 0. The summed E-state index contributed by atoms with van der Waals surface area (Å²) in [6, 6.07) is 0. The van der Waals surface area contributed by atoms with Crippen molar-refractivity contribution in [3.63, 3.8) is 0 Å². The molecule has 1 fully saturated rings. The molecule has 5 heteroatoms. The Morgan fingerprint density at radius 1 is 1.29 bits per heavy atom. The summed E-state index contributed by atoms with van der Waals surface area (Å²) >= 11 is 0. The number of ketones is 1. The summed E-state index contributed by atoms with van der Waals surface area (Å²) in [6.45, 7) is 3.70. The molecule has 0 aromatic heterocycles. The molecule has 92 valence electrons. The number of unbranched alkanes of at least 4 members (excludes halogenated alkanes) is 1. The molecule has 2 aliphatic heterocycles. The van der Waals surface area contributed by atoms with Crippen molar-refractivity contribution >= 4 is 23.4 Å². The van der Waals surface area contributed by atoms with Crippen molar-refractivity contribution in [1.82, 2.24) is 5.32 Å². The fourth-order valence-electron chi connectivity index (χ4n) is 2.40. The maximum atomic E-state index is 12.2. The first-order valence-electron chi connectivity index (χ1n) is 6.03. The number of Topliss-reactive ketones (excluding diaryl/α,β-unsaturated/α-hetero) is 1. The van der Waals surface area contributed by atoms with E-state index in [1.54, 1.807) is 6.92 Å². The first kappa shape index (κ1) is 12.0. The number of fused-ring (bicyclic) bond motifs is 1. The van der Waals surface area contributed by atoms with E-state index in [1.165, 1.54) is 0 Å². The zero-order valence-corrected chi connectivity index (χ0v) is 10.0. The minimum atomic E-state index is -0.604. The zero-order chi connectivity index (χ0) is 12.6. The van der Waals surface area contributed by atoms with Crippen LogP contribution in [0.25, 0.3) is 0 Å². The van der Waals surface area contributed by atoms with Gasteiger partial charge in [0.1, 0.15) is 5.84 Å². The van der Waals surface area contributed by atoms with Gasteiger partial charge in [-0.05, 0) is 6.42 Å². The molecular weight excluding hydrogens is 220 g/mol. The van der Waals surface area contributed by atoms with E-state index in [0.29, 0.717) is 6.42 Å². The Labute approximate surface area is 99.7 Å². The van der Waals surface area contributed by atoms with E-state index in [2.05, 4.69) is 10.3 Å². The number of carbonyl (C=O) groups is 3. The minimum Gasteiger partial charge on any atom is -0.313 e. The van der Waals surface area contributed by atoms with Gasteiger partial charge >= 0.3 is 0 Å². The van der Waals surface area contributed by atoms with Crippen LogP contribution in [0, 0.1) is 17.8 Å². The van der Waals surface area contributed by atoms with Crippen molar-refractivity contribution in [3.05, 3.63) is 0 Å². The number of amides is 2. The van der Waals surface area contributed by atoms with Gasteiger partial charge in [-0.1, -0.05) is 26.7 Å². The molecule has 2 aliphatic rings. The van der Waals surface area contributed by atoms with E-state index in [4.69, 9.17) is 0 Å². The van der Waals surface area contributed by atoms with E-state index in [0.717, 1.165) is 12.8 Å². The monoisotopic (exact) mass is 236 g/mol. The maximum absolute atomic E-state index is 12.2. The van der Waals surface area contributed by atoms with Gasteiger partial charge in [0.2, 0.25) is 5.91 Å². The molecule has 1 saturated heterocycles. The van der Waals surface area contributed by atoms with Crippen molar-refractivity contribution in [3.8, 4) is 0 Å². The Kier molecular flexibility index (Phi) is 3.09. The van der Waals surface area contributed by atoms with E-state index < -0.39 is 17.8 Å². The summed E-state index contributed by atoms with van der Waals surface area (Å²) in [5.41, 5.74) is 0. The molecule has 5 nitrogen and oxygen atoms in total. The number of nitrogens with one attached hydrogen (secondary N) is 1. The third-order valence-electron chi connectivity index (χ3n) is 3.48. The van der Waals surface area contributed by atoms with E-state index in [-0.39, 0.29) is 23.4 Å². The van der Waals surface area contributed by atoms with Crippen LogP contribution < -0.4 is 5.32 Å². The van der Waals surface area contributed by atoms with Gasteiger partial charge in [-0.3, -0.25) is 14.4 Å². The smallest absolute Gasteiger partial charge is 0.251 e. The predicted octanol–water partition coefficient (Wildman–Crippen LogP) is 0.683. The van der Waals surface area contributed by atoms with Gasteiger partial charge < -0.3 is 5.32 Å². The van der Waals surface area contributed by atoms with Crippen LogP contribution >= 0.6 is 0 Å². The Morgan fingerprint density at radius 2 is 2.00 bits per heavy atom. The lowest BCUT2D eigenvalue weighted by atomic mass is 9.79. The molecule has 2 heterocycles. The average Bonchev–Trinajstić information content (AvgIpc) is 2.54. The summed E-state index contributed by atoms with van der Waals surface area (Å²) < 4.78 is 0. The highest BCUT2D eigenvalue weighted by atomic mass is 16.2. The van der Waals surface area contributed by atoms with Gasteiger partial charge in [0.15, 0.2) is 5.78 Å². The highest BCUT2D eigenvalue weighted by molar-refractivity contribution is 6.26. The molecular formula is C12H16N2O3. The molecule has 0 aliphatic carbocycles. The summed E-state index contributed by atoms with van der Waals surface area (Å²) in [5.74, 6) is -2.06. The van der Waals surface area contributed by atoms with Gasteiger partial charge in [-0.2, -0.15) is 4.99 Å². The van der Waals surface area contributed by atoms with E-state index in [9.17, 15) is 14.4 Å². The Morgan fingerprint density at radius 3 is 2.65 bits per heavy atom. The molecule has 17 heavy (non-hydrogen) atoms. The lowest BCUT2D eigenvalue weighted by molar-refractivity contribution is -0.138. The SMILES string of the molecule is CCCC[C@H]1C(=O)NC2=NC(=O)[C@@H](C)[C@H]2C1=O. The number of hydrogen-bond donors (Lipinski definition) is 1. The first-order chi connectivity index (χ1) is 8.06. The molecule has 2 rings (SSSR count). The van der Waals surface area contributed by atoms with E-state index >= 15 is 0 Å². The Balaban J connectivity index is 2.21. The molecule has 0 spiro atoms. The standard InChI is InChI=1S/C12H16N2O3/c1-3-4-5-7-9(15)8-6(2)11(16)13-10(8)14-12(7)17/h6-8H,3-5H2,1-2H3,(H,13,14,16,17)/t6-,7+,8-/m0/s1. The summed E-state index contributed by atoms with van der Waals surface area (Å²) in [6.07, 6.45) is 2.34. The molecule has 0 bridgehead atoms. The number of nitrogens with zero attached hydrogens (tertiary/aromatic N) is 1. The van der Waals surface area contributed by atoms with Crippen LogP contribution in [0.2, 0.25) is 0 Å². The number of carbonyl (C=O) groups excluding carboxylic acids is 3. The quantitative estimate of drug-likeness (QED) is 0.732. The molecule has 2 amide bonds. The van der Waals surface area contributed by atoms with Crippen molar-refractivity contribution in [1.29, 1.82) is 0 Å². The van der Waals surface area contributed by atoms with Crippen LogP contribution in [0.3, 0.4) is 0 Å². The van der Waals surface area contributed by atoms with Crippen LogP contribution in [0.15, 0.2) is 4.99 Å². The highest BCUT2D eigenvalue weighted by Gasteiger charge is 2.48. The lowest BCUT2D eigenvalue weighted by Gasteiger charge is -2.27.